The van der Waals surface area contributed by atoms with Gasteiger partial charge in [-0.05, 0) is 30.0 Å². The fourth-order valence-electron chi connectivity index (χ4n) is 3.16. The topological polar surface area (TPSA) is 50.2 Å². The van der Waals surface area contributed by atoms with Crippen LogP contribution in [0, 0.1) is 0 Å². The summed E-state index contributed by atoms with van der Waals surface area (Å²) in [5, 5.41) is 7.23. The van der Waals surface area contributed by atoms with E-state index in [1.54, 1.807) is 10.9 Å². The molecule has 0 spiro atoms. The van der Waals surface area contributed by atoms with Crippen LogP contribution in [0.1, 0.15) is 30.5 Å². The maximum Gasteiger partial charge on any atom is 0.244 e. The smallest absolute Gasteiger partial charge is 0.244 e. The average Bonchev–Trinajstić information content (AvgIpc) is 3.09. The average molecular weight is 312 g/mol. The lowest BCUT2D eigenvalue weighted by atomic mass is 10.00. The number of benzene rings is 1. The zero-order valence-corrected chi connectivity index (χ0v) is 13.6. The van der Waals surface area contributed by atoms with Crippen LogP contribution in [0.2, 0.25) is 0 Å². The molecule has 0 fully saturated rings. The maximum atomic E-state index is 12.3. The van der Waals surface area contributed by atoms with E-state index in [-0.39, 0.29) is 11.9 Å². The quantitative estimate of drug-likeness (QED) is 0.888. The minimum atomic E-state index is -0.216. The van der Waals surface area contributed by atoms with E-state index in [0.29, 0.717) is 6.54 Å². The largest absolute Gasteiger partial charge is 0.353 e. The lowest BCUT2D eigenvalue weighted by Gasteiger charge is -2.28. The van der Waals surface area contributed by atoms with Crippen LogP contribution in [0.3, 0.4) is 0 Å². The van der Waals surface area contributed by atoms with Crippen molar-refractivity contribution in [2.45, 2.75) is 32.4 Å². The maximum absolute atomic E-state index is 12.3. The molecule has 2 aromatic rings. The molecule has 3 rings (SSSR count). The molecule has 1 amide bonds. The predicted molar refractivity (Wildman–Crippen MR) is 90.0 cm³/mol. The minimum Gasteiger partial charge on any atom is -0.353 e. The van der Waals surface area contributed by atoms with Gasteiger partial charge in [0.2, 0.25) is 5.91 Å². The molecule has 1 aliphatic rings. The van der Waals surface area contributed by atoms with Gasteiger partial charge in [-0.1, -0.05) is 31.2 Å². The van der Waals surface area contributed by atoms with Gasteiger partial charge in [0.05, 0.1) is 0 Å². The van der Waals surface area contributed by atoms with E-state index in [1.165, 1.54) is 11.1 Å². The Hall–Kier alpha value is -2.14. The first-order valence-corrected chi connectivity index (χ1v) is 8.34. The first kappa shape index (κ1) is 15.7. The van der Waals surface area contributed by atoms with Crippen LogP contribution in [-0.2, 0) is 17.8 Å². The Labute approximate surface area is 137 Å². The summed E-state index contributed by atoms with van der Waals surface area (Å²) < 4.78 is 1.73. The third-order valence-corrected chi connectivity index (χ3v) is 4.47. The molecule has 1 aromatic heterocycles. The van der Waals surface area contributed by atoms with E-state index in [9.17, 15) is 4.79 Å². The fraction of sp³-hybridized carbons (Fsp3) is 0.444. The molecule has 1 aromatic carbocycles. The van der Waals surface area contributed by atoms with E-state index in [4.69, 9.17) is 0 Å². The van der Waals surface area contributed by atoms with Gasteiger partial charge in [0.15, 0.2) is 0 Å². The molecule has 0 saturated heterocycles. The van der Waals surface area contributed by atoms with Crippen molar-refractivity contribution in [3.63, 3.8) is 0 Å². The Morgan fingerprint density at radius 2 is 2.13 bits per heavy atom. The van der Waals surface area contributed by atoms with Crippen LogP contribution >= 0.6 is 0 Å². The van der Waals surface area contributed by atoms with E-state index < -0.39 is 0 Å². The van der Waals surface area contributed by atoms with Crippen molar-refractivity contribution < 1.29 is 4.79 Å². The second kappa shape index (κ2) is 7.42. The van der Waals surface area contributed by atoms with Crippen molar-refractivity contribution in [2.75, 3.05) is 19.6 Å². The van der Waals surface area contributed by atoms with E-state index in [1.807, 2.05) is 19.2 Å². The van der Waals surface area contributed by atoms with Gasteiger partial charge in [-0.15, -0.1) is 0 Å². The number of hydrogen-bond donors (Lipinski definition) is 1. The number of fused-ring (bicyclic) bond motifs is 1. The molecule has 1 N–H and O–H groups in total. The Morgan fingerprint density at radius 1 is 1.30 bits per heavy atom. The van der Waals surface area contributed by atoms with Gasteiger partial charge in [0, 0.05) is 38.6 Å². The summed E-state index contributed by atoms with van der Waals surface area (Å²) in [4.78, 5) is 14.7. The summed E-state index contributed by atoms with van der Waals surface area (Å²) in [6.07, 6.45) is 5.38. The second-order valence-electron chi connectivity index (χ2n) is 6.00. The summed E-state index contributed by atoms with van der Waals surface area (Å²) >= 11 is 0. The molecule has 122 valence electrons. The van der Waals surface area contributed by atoms with Gasteiger partial charge < -0.3 is 5.32 Å². The number of amides is 1. The summed E-state index contributed by atoms with van der Waals surface area (Å²) in [5.41, 5.74) is 2.87. The van der Waals surface area contributed by atoms with Gasteiger partial charge in [-0.25, -0.2) is 0 Å². The normalized spacial score (nSPS) is 15.9. The SMILES string of the molecule is CC[C@@H](C(=O)NCCN1CCc2ccccc2C1)n1cccn1. The van der Waals surface area contributed by atoms with Crippen LogP contribution in [0.25, 0.3) is 0 Å². The van der Waals surface area contributed by atoms with E-state index in [0.717, 1.165) is 32.5 Å². The molecule has 23 heavy (non-hydrogen) atoms. The lowest BCUT2D eigenvalue weighted by molar-refractivity contribution is -0.124. The highest BCUT2D eigenvalue weighted by molar-refractivity contribution is 5.80. The van der Waals surface area contributed by atoms with Crippen LogP contribution in [-0.4, -0.2) is 40.2 Å². The fourth-order valence-corrected chi connectivity index (χ4v) is 3.16. The number of nitrogens with zero attached hydrogens (tertiary/aromatic N) is 3. The molecule has 0 aliphatic carbocycles. The molecule has 0 unspecified atom stereocenters. The third kappa shape index (κ3) is 3.79. The van der Waals surface area contributed by atoms with Crippen LogP contribution in [0.5, 0.6) is 0 Å². The van der Waals surface area contributed by atoms with Gasteiger partial charge in [-0.2, -0.15) is 5.10 Å². The number of carbonyl (C=O) groups excluding carboxylic acids is 1. The monoisotopic (exact) mass is 312 g/mol. The number of nitrogens with one attached hydrogen (secondary N) is 1. The molecule has 1 atom stereocenters. The summed E-state index contributed by atoms with van der Waals surface area (Å²) in [7, 11) is 0. The first-order valence-electron chi connectivity index (χ1n) is 8.34. The molecule has 5 nitrogen and oxygen atoms in total. The third-order valence-electron chi connectivity index (χ3n) is 4.47. The molecule has 0 saturated carbocycles. The van der Waals surface area contributed by atoms with Crippen molar-refractivity contribution in [1.82, 2.24) is 20.0 Å². The Bertz CT molecular complexity index is 638. The van der Waals surface area contributed by atoms with Crippen molar-refractivity contribution >= 4 is 5.91 Å². The lowest BCUT2D eigenvalue weighted by Crippen LogP contribution is -2.40. The highest BCUT2D eigenvalue weighted by Crippen LogP contribution is 2.17. The standard InChI is InChI=1S/C18H24N4O/c1-2-17(22-11-5-9-20-22)18(23)19-10-13-21-12-8-15-6-3-4-7-16(15)14-21/h3-7,9,11,17H,2,8,10,12-14H2,1H3,(H,19,23)/t17-/m0/s1. The predicted octanol–water partition coefficient (Wildman–Crippen LogP) is 2.01. The Morgan fingerprint density at radius 3 is 2.87 bits per heavy atom. The molecule has 0 radical (unpaired) electrons. The van der Waals surface area contributed by atoms with Gasteiger partial charge in [0.25, 0.3) is 0 Å². The minimum absolute atomic E-state index is 0.0496. The number of hydrogen-bond acceptors (Lipinski definition) is 3. The Kier molecular flexibility index (Phi) is 5.08. The molecule has 1 aliphatic heterocycles. The molecule has 5 heteroatoms. The Balaban J connectivity index is 1.47. The summed E-state index contributed by atoms with van der Waals surface area (Å²) in [6.45, 7) is 5.60. The van der Waals surface area contributed by atoms with Gasteiger partial charge in [-0.3, -0.25) is 14.4 Å². The van der Waals surface area contributed by atoms with E-state index in [2.05, 4.69) is 39.6 Å². The number of carbonyl (C=O) groups is 1. The molecule has 2 heterocycles. The van der Waals surface area contributed by atoms with Crippen molar-refractivity contribution in [1.29, 1.82) is 0 Å². The highest BCUT2D eigenvalue weighted by Gasteiger charge is 2.19. The van der Waals surface area contributed by atoms with Crippen LogP contribution < -0.4 is 5.32 Å². The zero-order chi connectivity index (χ0) is 16.1. The molecule has 0 bridgehead atoms. The van der Waals surface area contributed by atoms with Gasteiger partial charge in [0.1, 0.15) is 6.04 Å². The summed E-state index contributed by atoms with van der Waals surface area (Å²) in [6, 6.07) is 10.2. The zero-order valence-electron chi connectivity index (χ0n) is 13.6. The highest BCUT2D eigenvalue weighted by atomic mass is 16.2. The first-order chi connectivity index (χ1) is 11.3. The van der Waals surface area contributed by atoms with E-state index >= 15 is 0 Å². The van der Waals surface area contributed by atoms with Crippen molar-refractivity contribution in [3.05, 3.63) is 53.9 Å². The van der Waals surface area contributed by atoms with Crippen molar-refractivity contribution in [2.24, 2.45) is 0 Å². The number of aromatic nitrogens is 2. The summed E-state index contributed by atoms with van der Waals surface area (Å²) in [5.74, 6) is 0.0496. The van der Waals surface area contributed by atoms with Crippen molar-refractivity contribution in [3.8, 4) is 0 Å². The van der Waals surface area contributed by atoms with Crippen LogP contribution in [0.15, 0.2) is 42.7 Å². The second-order valence-corrected chi connectivity index (χ2v) is 6.00. The molecular weight excluding hydrogens is 288 g/mol. The molecular formula is C18H24N4O. The number of rotatable bonds is 6. The van der Waals surface area contributed by atoms with Gasteiger partial charge >= 0.3 is 0 Å². The van der Waals surface area contributed by atoms with Crippen LogP contribution in [0.4, 0.5) is 0 Å².